The molecular weight excluding hydrogens is 789 g/mol. The summed E-state index contributed by atoms with van der Waals surface area (Å²) in [4.78, 5) is 97.1. The van der Waals surface area contributed by atoms with Crippen LogP contribution in [-0.4, -0.2) is 96.7 Å². The summed E-state index contributed by atoms with van der Waals surface area (Å²) in [5, 5.41) is 5.16. The molecule has 0 bridgehead atoms. The second-order valence-electron chi connectivity index (χ2n) is 19.2. The van der Waals surface area contributed by atoms with Crippen LogP contribution in [0.3, 0.4) is 0 Å². The van der Waals surface area contributed by atoms with E-state index in [4.69, 9.17) is 4.74 Å². The van der Waals surface area contributed by atoms with Crippen molar-refractivity contribution in [1.82, 2.24) is 29.9 Å². The highest BCUT2D eigenvalue weighted by atomic mass is 16.6. The number of aryl methyl sites for hydroxylation is 1. The van der Waals surface area contributed by atoms with Gasteiger partial charge in [0.2, 0.25) is 23.6 Å². The number of rotatable bonds is 10. The predicted octanol–water partition coefficient (Wildman–Crippen LogP) is 5.29. The fourth-order valence-electron chi connectivity index (χ4n) is 10.4. The van der Waals surface area contributed by atoms with Crippen molar-refractivity contribution in [1.29, 1.82) is 0 Å². The number of likely N-dealkylation sites (tertiary alicyclic amines) is 1. The Morgan fingerprint density at radius 1 is 0.952 bits per heavy atom. The SMILES string of the molecule is CC(C)(C)OC(=O)N[C@H]1CCCC[C@H]2CC[C@@H](C(=O)N3C[C@@H](c4ccn(CCCCCCC#Cc5cccc6c5CN(C5CCC(=O)NC5=O)C6=O)c(=O)c4)CC34CC4)N2C1=O. The first-order chi connectivity index (χ1) is 29.7. The Bertz CT molecular complexity index is 2250. The van der Waals surface area contributed by atoms with E-state index in [1.165, 1.54) is 0 Å². The smallest absolute Gasteiger partial charge is 0.408 e. The lowest BCUT2D eigenvalue weighted by Crippen LogP contribution is -2.57. The number of hydrogen-bond donors (Lipinski definition) is 2. The number of aromatic nitrogens is 1. The minimum Gasteiger partial charge on any atom is -0.444 e. The fraction of sp³-hybridized carbons (Fsp3) is 0.604. The Hall–Kier alpha value is -5.45. The summed E-state index contributed by atoms with van der Waals surface area (Å²) in [5.41, 5.74) is 2.17. The molecule has 1 aliphatic carbocycles. The van der Waals surface area contributed by atoms with Crippen molar-refractivity contribution in [2.45, 2.75) is 178 Å². The highest BCUT2D eigenvalue weighted by molar-refractivity contribution is 6.05. The molecule has 5 fully saturated rings. The summed E-state index contributed by atoms with van der Waals surface area (Å²) in [6.45, 7) is 6.81. The van der Waals surface area contributed by atoms with Crippen molar-refractivity contribution in [2.75, 3.05) is 6.54 Å². The molecule has 1 spiro atoms. The molecule has 2 N–H and O–H groups in total. The number of alkyl carbamates (subject to hydrolysis) is 1. The molecule has 1 aromatic heterocycles. The molecule has 6 amide bonds. The van der Waals surface area contributed by atoms with E-state index < -0.39 is 35.7 Å². The number of carbonyl (C=O) groups is 6. The van der Waals surface area contributed by atoms with E-state index >= 15 is 0 Å². The quantitative estimate of drug-likeness (QED) is 0.185. The van der Waals surface area contributed by atoms with Crippen LogP contribution in [-0.2, 0) is 37.0 Å². The first-order valence-electron chi connectivity index (χ1n) is 22.8. The summed E-state index contributed by atoms with van der Waals surface area (Å²) >= 11 is 0. The zero-order valence-electron chi connectivity index (χ0n) is 36.3. The molecule has 6 aliphatic rings. The highest BCUT2D eigenvalue weighted by Gasteiger charge is 2.58. The van der Waals surface area contributed by atoms with Gasteiger partial charge in [-0.25, -0.2) is 4.79 Å². The first kappa shape index (κ1) is 43.2. The van der Waals surface area contributed by atoms with Gasteiger partial charge in [0.25, 0.3) is 11.5 Å². The van der Waals surface area contributed by atoms with Gasteiger partial charge in [-0.2, -0.15) is 0 Å². The van der Waals surface area contributed by atoms with Crippen molar-refractivity contribution < 1.29 is 33.5 Å². The number of imide groups is 1. The van der Waals surface area contributed by atoms with Gasteiger partial charge in [-0.1, -0.05) is 43.6 Å². The van der Waals surface area contributed by atoms with Crippen LogP contribution in [0.2, 0.25) is 0 Å². The van der Waals surface area contributed by atoms with Crippen molar-refractivity contribution in [3.8, 4) is 11.8 Å². The minimum absolute atomic E-state index is 0.00445. The van der Waals surface area contributed by atoms with Crippen molar-refractivity contribution in [3.63, 3.8) is 0 Å². The molecule has 0 radical (unpaired) electrons. The van der Waals surface area contributed by atoms with Crippen LogP contribution in [0.25, 0.3) is 0 Å². The van der Waals surface area contributed by atoms with Crippen LogP contribution in [0, 0.1) is 11.8 Å². The van der Waals surface area contributed by atoms with Gasteiger partial charge < -0.3 is 29.3 Å². The number of piperidine rings is 1. The fourth-order valence-corrected chi connectivity index (χ4v) is 10.4. The van der Waals surface area contributed by atoms with Gasteiger partial charge in [-0.3, -0.25) is 34.1 Å². The topological polar surface area (TPSA) is 167 Å². The molecule has 1 saturated carbocycles. The first-order valence-corrected chi connectivity index (χ1v) is 22.8. The number of fused-ring (bicyclic) bond motifs is 2. The lowest BCUT2D eigenvalue weighted by Gasteiger charge is -2.37. The summed E-state index contributed by atoms with van der Waals surface area (Å²) in [6, 6.07) is 7.29. The van der Waals surface area contributed by atoms with E-state index in [1.54, 1.807) is 47.3 Å². The van der Waals surface area contributed by atoms with Crippen LogP contribution in [0.5, 0.6) is 0 Å². The maximum atomic E-state index is 14.5. The van der Waals surface area contributed by atoms with E-state index in [0.717, 1.165) is 87.3 Å². The number of benzene rings is 1. The van der Waals surface area contributed by atoms with E-state index in [-0.39, 0.29) is 53.1 Å². The third kappa shape index (κ3) is 9.18. The van der Waals surface area contributed by atoms with Gasteiger partial charge in [-0.05, 0) is 114 Å². The Labute approximate surface area is 363 Å². The molecule has 8 rings (SSSR count). The normalized spacial score (nSPS) is 25.4. The number of ether oxygens (including phenoxy) is 1. The average molecular weight is 849 g/mol. The molecule has 5 atom stereocenters. The van der Waals surface area contributed by atoms with Crippen LogP contribution in [0.4, 0.5) is 4.79 Å². The lowest BCUT2D eigenvalue weighted by molar-refractivity contribution is -0.148. The van der Waals surface area contributed by atoms with E-state index in [0.29, 0.717) is 50.9 Å². The number of hydrogen-bond acceptors (Lipinski definition) is 8. The van der Waals surface area contributed by atoms with Gasteiger partial charge >= 0.3 is 6.09 Å². The van der Waals surface area contributed by atoms with Crippen LogP contribution in [0.15, 0.2) is 41.3 Å². The number of amides is 6. The molecule has 14 heteroatoms. The van der Waals surface area contributed by atoms with Crippen LogP contribution >= 0.6 is 0 Å². The van der Waals surface area contributed by atoms with Gasteiger partial charge in [0.15, 0.2) is 0 Å². The number of unbranched alkanes of at least 4 members (excludes halogenated alkanes) is 4. The third-order valence-electron chi connectivity index (χ3n) is 13.8. The third-order valence-corrected chi connectivity index (χ3v) is 13.8. The number of pyridine rings is 1. The molecule has 6 heterocycles. The summed E-state index contributed by atoms with van der Waals surface area (Å²) in [5.74, 6) is 5.40. The van der Waals surface area contributed by atoms with Crippen LogP contribution in [0.1, 0.15) is 156 Å². The molecule has 5 aliphatic heterocycles. The average Bonchev–Trinajstić information content (AvgIpc) is 3.53. The number of nitrogens with one attached hydrogen (secondary N) is 2. The van der Waals surface area contributed by atoms with Crippen LogP contribution < -0.4 is 16.2 Å². The second kappa shape index (κ2) is 17.7. The molecule has 62 heavy (non-hydrogen) atoms. The zero-order chi connectivity index (χ0) is 43.8. The predicted molar refractivity (Wildman–Crippen MR) is 229 cm³/mol. The Balaban J connectivity index is 0.809. The Morgan fingerprint density at radius 2 is 1.74 bits per heavy atom. The molecule has 1 aromatic carbocycles. The molecule has 2 aromatic rings. The lowest BCUT2D eigenvalue weighted by atomic mass is 9.96. The highest BCUT2D eigenvalue weighted by Crippen LogP contribution is 2.54. The minimum atomic E-state index is -0.728. The van der Waals surface area contributed by atoms with E-state index in [1.807, 2.05) is 29.3 Å². The molecule has 1 unspecified atom stereocenters. The van der Waals surface area contributed by atoms with Gasteiger partial charge in [0.05, 0.1) is 0 Å². The number of carbonyl (C=O) groups excluding carboxylic acids is 6. The summed E-state index contributed by atoms with van der Waals surface area (Å²) < 4.78 is 7.23. The van der Waals surface area contributed by atoms with E-state index in [2.05, 4.69) is 22.5 Å². The summed E-state index contributed by atoms with van der Waals surface area (Å²) in [7, 11) is 0. The van der Waals surface area contributed by atoms with Gasteiger partial charge in [0.1, 0.15) is 23.7 Å². The Morgan fingerprint density at radius 3 is 2.50 bits per heavy atom. The number of nitrogens with zero attached hydrogens (tertiary/aromatic N) is 4. The second-order valence-corrected chi connectivity index (χ2v) is 19.2. The zero-order valence-corrected chi connectivity index (χ0v) is 36.3. The van der Waals surface area contributed by atoms with Crippen molar-refractivity contribution in [3.05, 3.63) is 69.1 Å². The van der Waals surface area contributed by atoms with Crippen molar-refractivity contribution in [2.24, 2.45) is 0 Å². The molecular formula is C48H60N6O8. The standard InChI is InChI=1S/C48H60N6O8/c1-47(2,3)62-46(61)49-37-17-10-9-15-34-18-19-39(54(34)44(37)59)45(60)53-29-33(28-48(53)23-24-48)32-22-26-51(41(56)27-32)25-11-7-5-4-6-8-13-31-14-12-16-35-36(31)30-52(43(35)58)38-20-21-40(55)50-42(38)57/h12,14,16,22,26-27,33-34,37-39H,4-7,9-11,15,17-21,23-25,28-30H2,1-3H3,(H,49,61)(H,50,55,57)/t33-,34-,37-,38?,39-/m0/s1. The van der Waals surface area contributed by atoms with E-state index in [9.17, 15) is 33.6 Å². The summed E-state index contributed by atoms with van der Waals surface area (Å²) in [6.07, 6.45) is 13.3. The molecule has 330 valence electrons. The monoisotopic (exact) mass is 848 g/mol. The van der Waals surface area contributed by atoms with Crippen molar-refractivity contribution >= 4 is 35.6 Å². The molecule has 14 nitrogen and oxygen atoms in total. The van der Waals surface area contributed by atoms with Gasteiger partial charge in [0, 0.05) is 73.4 Å². The Kier molecular flexibility index (Phi) is 12.4. The molecule has 4 saturated heterocycles. The largest absolute Gasteiger partial charge is 0.444 e. The van der Waals surface area contributed by atoms with Gasteiger partial charge in [-0.15, -0.1) is 0 Å². The maximum absolute atomic E-state index is 14.5. The maximum Gasteiger partial charge on any atom is 0.408 e.